The Kier molecular flexibility index (Phi) is 3.39. The molecule has 3 nitrogen and oxygen atoms in total. The lowest BCUT2D eigenvalue weighted by Gasteiger charge is -2.14. The van der Waals surface area contributed by atoms with Crippen LogP contribution in [0, 0.1) is 6.92 Å². The van der Waals surface area contributed by atoms with Crippen molar-refractivity contribution >= 4 is 11.8 Å². The smallest absolute Gasteiger partial charge is 0.0942 e. The fourth-order valence-electron chi connectivity index (χ4n) is 0.995. The van der Waals surface area contributed by atoms with Crippen LogP contribution in [0.2, 0.25) is 0 Å². The lowest BCUT2D eigenvalue weighted by atomic mass is 10.3. The van der Waals surface area contributed by atoms with Gasteiger partial charge in [0.25, 0.3) is 0 Å². The molecule has 0 radical (unpaired) electrons. The van der Waals surface area contributed by atoms with E-state index in [9.17, 15) is 0 Å². The molecule has 1 rings (SSSR count). The molecule has 2 N–H and O–H groups in total. The van der Waals surface area contributed by atoms with Gasteiger partial charge >= 0.3 is 0 Å². The van der Waals surface area contributed by atoms with Gasteiger partial charge in [-0.3, -0.25) is 4.68 Å². The molecule has 4 heteroatoms. The normalized spacial score (nSPS) is 15.8. The number of thioether (sulfide) groups is 1. The largest absolute Gasteiger partial charge is 0.327 e. The first-order chi connectivity index (χ1) is 6.00. The number of nitrogens with zero attached hydrogens (tertiary/aromatic N) is 2. The average molecular weight is 199 g/mol. The topological polar surface area (TPSA) is 43.8 Å². The minimum Gasteiger partial charge on any atom is -0.327 e. The third kappa shape index (κ3) is 2.74. The Labute approximate surface area is 83.7 Å². The van der Waals surface area contributed by atoms with Crippen molar-refractivity contribution in [3.05, 3.63) is 11.8 Å². The third-order valence-electron chi connectivity index (χ3n) is 2.01. The first kappa shape index (κ1) is 10.6. The first-order valence-corrected chi connectivity index (χ1v) is 5.31. The van der Waals surface area contributed by atoms with E-state index < -0.39 is 0 Å². The van der Waals surface area contributed by atoms with E-state index in [1.54, 1.807) is 11.8 Å². The number of hydrogen-bond donors (Lipinski definition) is 1. The van der Waals surface area contributed by atoms with E-state index in [4.69, 9.17) is 5.73 Å². The molecule has 0 spiro atoms. The summed E-state index contributed by atoms with van der Waals surface area (Å²) in [5, 5.41) is 5.89. The van der Waals surface area contributed by atoms with Gasteiger partial charge in [-0.2, -0.15) is 5.10 Å². The van der Waals surface area contributed by atoms with E-state index in [2.05, 4.69) is 18.1 Å². The predicted octanol–water partition coefficient (Wildman–Crippen LogP) is 1.56. The highest BCUT2D eigenvalue weighted by Crippen LogP contribution is 2.24. The van der Waals surface area contributed by atoms with Gasteiger partial charge in [-0.25, -0.2) is 0 Å². The minimum absolute atomic E-state index is 0.209. The second-order valence-electron chi connectivity index (χ2n) is 3.43. The lowest BCUT2D eigenvalue weighted by Crippen LogP contribution is -2.26. The molecule has 0 saturated carbocycles. The number of rotatable bonds is 3. The van der Waals surface area contributed by atoms with Crippen LogP contribution in [0.25, 0.3) is 0 Å². The van der Waals surface area contributed by atoms with E-state index in [-0.39, 0.29) is 6.04 Å². The Bertz CT molecular complexity index is 280. The molecule has 2 unspecified atom stereocenters. The Morgan fingerprint density at radius 3 is 2.54 bits per heavy atom. The van der Waals surface area contributed by atoms with Crippen molar-refractivity contribution in [1.82, 2.24) is 9.78 Å². The summed E-state index contributed by atoms with van der Waals surface area (Å²) in [6.45, 7) is 6.17. The molecule has 0 aliphatic rings. The summed E-state index contributed by atoms with van der Waals surface area (Å²) < 4.78 is 1.90. The monoisotopic (exact) mass is 199 g/mol. The second-order valence-corrected chi connectivity index (χ2v) is 4.83. The Morgan fingerprint density at radius 1 is 1.54 bits per heavy atom. The van der Waals surface area contributed by atoms with Crippen molar-refractivity contribution < 1.29 is 0 Å². The Hall–Kier alpha value is -0.480. The van der Waals surface area contributed by atoms with Gasteiger partial charge in [0.05, 0.1) is 10.7 Å². The molecule has 1 aromatic rings. The van der Waals surface area contributed by atoms with E-state index in [0.29, 0.717) is 5.25 Å². The fraction of sp³-hybridized carbons (Fsp3) is 0.667. The Morgan fingerprint density at radius 2 is 2.15 bits per heavy atom. The maximum atomic E-state index is 5.79. The molecule has 0 bridgehead atoms. The predicted molar refractivity (Wildman–Crippen MR) is 56.9 cm³/mol. The first-order valence-electron chi connectivity index (χ1n) is 4.43. The molecule has 0 fully saturated rings. The zero-order valence-electron chi connectivity index (χ0n) is 8.61. The highest BCUT2D eigenvalue weighted by Gasteiger charge is 2.11. The van der Waals surface area contributed by atoms with Gasteiger partial charge < -0.3 is 5.73 Å². The number of aryl methyl sites for hydroxylation is 2. The quantitative estimate of drug-likeness (QED) is 0.751. The van der Waals surface area contributed by atoms with Gasteiger partial charge in [0.1, 0.15) is 0 Å². The van der Waals surface area contributed by atoms with Gasteiger partial charge in [-0.15, -0.1) is 11.8 Å². The van der Waals surface area contributed by atoms with E-state index in [1.165, 1.54) is 5.03 Å². The van der Waals surface area contributed by atoms with Crippen molar-refractivity contribution in [2.24, 2.45) is 12.8 Å². The van der Waals surface area contributed by atoms with Crippen LogP contribution in [0.3, 0.4) is 0 Å². The molecule has 1 aromatic heterocycles. The maximum Gasteiger partial charge on any atom is 0.0942 e. The van der Waals surface area contributed by atoms with Crippen LogP contribution in [0.15, 0.2) is 11.1 Å². The van der Waals surface area contributed by atoms with Crippen molar-refractivity contribution in [2.75, 3.05) is 0 Å². The summed E-state index contributed by atoms with van der Waals surface area (Å²) >= 11 is 1.77. The van der Waals surface area contributed by atoms with Crippen LogP contribution < -0.4 is 5.73 Å². The van der Waals surface area contributed by atoms with E-state index in [0.717, 1.165) is 5.69 Å². The van der Waals surface area contributed by atoms with Gasteiger partial charge in [0.15, 0.2) is 0 Å². The molecule has 0 aliphatic carbocycles. The van der Waals surface area contributed by atoms with Gasteiger partial charge in [-0.05, 0) is 19.9 Å². The second kappa shape index (κ2) is 4.15. The molecule has 74 valence electrons. The highest BCUT2D eigenvalue weighted by atomic mass is 32.2. The molecule has 1 heterocycles. The average Bonchev–Trinajstić information content (AvgIpc) is 2.30. The summed E-state index contributed by atoms with van der Waals surface area (Å²) in [6, 6.07) is 2.30. The number of aromatic nitrogens is 2. The van der Waals surface area contributed by atoms with Crippen LogP contribution in [-0.2, 0) is 7.05 Å². The minimum atomic E-state index is 0.209. The molecule has 0 saturated heterocycles. The van der Waals surface area contributed by atoms with E-state index >= 15 is 0 Å². The van der Waals surface area contributed by atoms with Gasteiger partial charge in [0, 0.05) is 18.3 Å². The molecular weight excluding hydrogens is 182 g/mol. The summed E-state index contributed by atoms with van der Waals surface area (Å²) in [7, 11) is 1.96. The summed E-state index contributed by atoms with van der Waals surface area (Å²) in [5.41, 5.74) is 6.85. The SMILES string of the molecule is Cc1cc(SC(C)C(C)N)n(C)n1. The van der Waals surface area contributed by atoms with Crippen molar-refractivity contribution in [3.63, 3.8) is 0 Å². The maximum absolute atomic E-state index is 5.79. The standard InChI is InChI=1S/C9H17N3S/c1-6-5-9(12(4)11-6)13-8(3)7(2)10/h5,7-8H,10H2,1-4H3. The molecule has 13 heavy (non-hydrogen) atoms. The van der Waals surface area contributed by atoms with Crippen molar-refractivity contribution in [3.8, 4) is 0 Å². The highest BCUT2D eigenvalue weighted by molar-refractivity contribution is 7.99. The number of hydrogen-bond acceptors (Lipinski definition) is 3. The summed E-state index contributed by atoms with van der Waals surface area (Å²) in [4.78, 5) is 0. The Balaban J connectivity index is 2.68. The van der Waals surface area contributed by atoms with E-state index in [1.807, 2.05) is 25.6 Å². The molecule has 0 amide bonds. The summed E-state index contributed by atoms with van der Waals surface area (Å²) in [5.74, 6) is 0. The fourth-order valence-corrected chi connectivity index (χ4v) is 2.02. The van der Waals surface area contributed by atoms with Crippen LogP contribution in [-0.4, -0.2) is 21.1 Å². The summed E-state index contributed by atoms with van der Waals surface area (Å²) in [6.07, 6.45) is 0. The number of nitrogens with two attached hydrogens (primary N) is 1. The molecule has 2 atom stereocenters. The van der Waals surface area contributed by atoms with Gasteiger partial charge in [0.2, 0.25) is 0 Å². The molecule has 0 aliphatic heterocycles. The van der Waals surface area contributed by atoms with Crippen LogP contribution in [0.1, 0.15) is 19.5 Å². The third-order valence-corrected chi connectivity index (χ3v) is 3.43. The van der Waals surface area contributed by atoms with Crippen LogP contribution in [0.5, 0.6) is 0 Å². The molecular formula is C9H17N3S. The lowest BCUT2D eigenvalue weighted by molar-refractivity contribution is 0.682. The van der Waals surface area contributed by atoms with Crippen LogP contribution in [0.4, 0.5) is 0 Å². The van der Waals surface area contributed by atoms with Crippen LogP contribution >= 0.6 is 11.8 Å². The van der Waals surface area contributed by atoms with Crippen molar-refractivity contribution in [1.29, 1.82) is 0 Å². The zero-order valence-corrected chi connectivity index (χ0v) is 9.43. The van der Waals surface area contributed by atoms with Crippen molar-refractivity contribution in [2.45, 2.75) is 37.1 Å². The van der Waals surface area contributed by atoms with Gasteiger partial charge in [-0.1, -0.05) is 6.92 Å². The molecule has 0 aromatic carbocycles. The zero-order chi connectivity index (χ0) is 10.0.